The molecule has 2 aliphatic rings. The first-order valence-electron chi connectivity index (χ1n) is 9.91. The molecule has 2 aromatic carbocycles. The lowest BCUT2D eigenvalue weighted by Crippen LogP contribution is -2.35. The number of carbonyl (C=O) groups is 3. The third-order valence-corrected chi connectivity index (χ3v) is 5.13. The van der Waals surface area contributed by atoms with Gasteiger partial charge in [0.15, 0.2) is 12.2 Å². The maximum atomic E-state index is 12.5. The highest BCUT2D eigenvalue weighted by atomic mass is 16.7. The molecule has 0 bridgehead atoms. The summed E-state index contributed by atoms with van der Waals surface area (Å²) < 4.78 is 27.3. The molecule has 2 aliphatic heterocycles. The lowest BCUT2D eigenvalue weighted by Gasteiger charge is -2.17. The van der Waals surface area contributed by atoms with Gasteiger partial charge in [-0.25, -0.2) is 9.59 Å². The van der Waals surface area contributed by atoms with Crippen LogP contribution in [-0.4, -0.2) is 55.5 Å². The predicted octanol–water partition coefficient (Wildman–Crippen LogP) is 2.47. The first-order valence-corrected chi connectivity index (χ1v) is 9.91. The number of hydrogen-bond donors (Lipinski definition) is 0. The van der Waals surface area contributed by atoms with Crippen LogP contribution < -0.4 is 4.74 Å². The van der Waals surface area contributed by atoms with E-state index >= 15 is 0 Å². The highest BCUT2D eigenvalue weighted by Gasteiger charge is 2.51. The number of fused-ring (bicyclic) bond motifs is 1. The Kier molecular flexibility index (Phi) is 6.01. The predicted molar refractivity (Wildman–Crippen MR) is 107 cm³/mol. The van der Waals surface area contributed by atoms with E-state index in [0.29, 0.717) is 16.9 Å². The van der Waals surface area contributed by atoms with Crippen molar-refractivity contribution in [3.63, 3.8) is 0 Å². The van der Waals surface area contributed by atoms with Crippen molar-refractivity contribution in [2.75, 3.05) is 13.2 Å². The zero-order valence-electron chi connectivity index (χ0n) is 17.1. The van der Waals surface area contributed by atoms with Gasteiger partial charge in [-0.15, -0.1) is 0 Å². The molecule has 2 saturated heterocycles. The summed E-state index contributed by atoms with van der Waals surface area (Å²) in [5, 5.41) is 0. The zero-order valence-corrected chi connectivity index (χ0v) is 17.1. The average molecular weight is 426 g/mol. The molecule has 0 N–H and O–H groups in total. The molecule has 8 nitrogen and oxygen atoms in total. The summed E-state index contributed by atoms with van der Waals surface area (Å²) in [7, 11) is 0. The van der Waals surface area contributed by atoms with Gasteiger partial charge in [-0.2, -0.15) is 0 Å². The Bertz CT molecular complexity index is 966. The van der Waals surface area contributed by atoms with Gasteiger partial charge < -0.3 is 23.7 Å². The van der Waals surface area contributed by atoms with E-state index in [1.165, 1.54) is 31.2 Å². The number of carbonyl (C=O) groups excluding carboxylic acids is 3. The quantitative estimate of drug-likeness (QED) is 0.531. The third-order valence-electron chi connectivity index (χ3n) is 5.13. The smallest absolute Gasteiger partial charge is 0.343 e. The molecule has 8 heteroatoms. The molecule has 4 rings (SSSR count). The van der Waals surface area contributed by atoms with Gasteiger partial charge in [0, 0.05) is 6.92 Å². The van der Waals surface area contributed by atoms with Crippen LogP contribution in [0.2, 0.25) is 0 Å². The summed E-state index contributed by atoms with van der Waals surface area (Å²) in [5.41, 5.74) is 1.78. The molecule has 4 atom stereocenters. The van der Waals surface area contributed by atoms with Gasteiger partial charge in [-0.1, -0.05) is 17.7 Å². The van der Waals surface area contributed by atoms with Crippen molar-refractivity contribution in [1.82, 2.24) is 0 Å². The minimum atomic E-state index is -0.600. The fourth-order valence-corrected chi connectivity index (χ4v) is 3.56. The summed E-state index contributed by atoms with van der Waals surface area (Å²) in [5.74, 6) is -1.13. The molecule has 0 radical (unpaired) electrons. The monoisotopic (exact) mass is 426 g/mol. The van der Waals surface area contributed by atoms with Crippen LogP contribution in [0.15, 0.2) is 48.5 Å². The second kappa shape index (κ2) is 8.87. The lowest BCUT2D eigenvalue weighted by molar-refractivity contribution is -0.151. The van der Waals surface area contributed by atoms with Gasteiger partial charge in [0.2, 0.25) is 0 Å². The summed E-state index contributed by atoms with van der Waals surface area (Å²) in [6, 6.07) is 13.1. The minimum absolute atomic E-state index is 0.158. The molecular formula is C23H22O8. The first kappa shape index (κ1) is 21.0. The van der Waals surface area contributed by atoms with Crippen LogP contribution in [0.1, 0.15) is 33.2 Å². The van der Waals surface area contributed by atoms with Gasteiger partial charge in [-0.3, -0.25) is 4.79 Å². The Morgan fingerprint density at radius 2 is 1.29 bits per heavy atom. The fraction of sp³-hybridized carbons (Fsp3) is 0.348. The fourth-order valence-electron chi connectivity index (χ4n) is 3.56. The molecule has 31 heavy (non-hydrogen) atoms. The molecule has 0 aliphatic carbocycles. The molecule has 0 saturated carbocycles. The normalized spacial score (nSPS) is 24.3. The van der Waals surface area contributed by atoms with Gasteiger partial charge in [0.25, 0.3) is 0 Å². The molecule has 2 fully saturated rings. The SMILES string of the molecule is CC(=O)O[C@H]1COC2C(OC(=O)c3ccc(OC(=O)c4ccc(C)cc4)cc3)COC21. The van der Waals surface area contributed by atoms with Crippen LogP contribution in [0.5, 0.6) is 5.75 Å². The Hall–Kier alpha value is -3.23. The van der Waals surface area contributed by atoms with E-state index in [2.05, 4.69) is 0 Å². The maximum Gasteiger partial charge on any atom is 0.343 e. The highest BCUT2D eigenvalue weighted by molar-refractivity contribution is 5.92. The Balaban J connectivity index is 1.33. The lowest BCUT2D eigenvalue weighted by atomic mass is 10.1. The molecule has 2 aromatic rings. The second-order valence-electron chi connectivity index (χ2n) is 7.47. The van der Waals surface area contributed by atoms with Crippen molar-refractivity contribution < 1.29 is 38.1 Å². The number of rotatable bonds is 5. The van der Waals surface area contributed by atoms with Crippen LogP contribution in [-0.2, 0) is 23.7 Å². The topological polar surface area (TPSA) is 97.4 Å². The molecule has 2 heterocycles. The first-order chi connectivity index (χ1) is 14.9. The number of benzene rings is 2. The Morgan fingerprint density at radius 1 is 0.774 bits per heavy atom. The number of ether oxygens (including phenoxy) is 5. The maximum absolute atomic E-state index is 12.5. The van der Waals surface area contributed by atoms with Crippen LogP contribution >= 0.6 is 0 Å². The number of esters is 3. The van der Waals surface area contributed by atoms with Crippen LogP contribution in [0.4, 0.5) is 0 Å². The van der Waals surface area contributed by atoms with E-state index in [1.807, 2.05) is 19.1 Å². The van der Waals surface area contributed by atoms with E-state index in [-0.39, 0.29) is 13.2 Å². The highest BCUT2D eigenvalue weighted by Crippen LogP contribution is 2.31. The molecule has 0 amide bonds. The van der Waals surface area contributed by atoms with Crippen molar-refractivity contribution in [1.29, 1.82) is 0 Å². The van der Waals surface area contributed by atoms with Crippen molar-refractivity contribution in [3.8, 4) is 5.75 Å². The summed E-state index contributed by atoms with van der Waals surface area (Å²) in [6.45, 7) is 3.61. The van der Waals surface area contributed by atoms with E-state index < -0.39 is 42.3 Å². The average Bonchev–Trinajstić information content (AvgIpc) is 3.32. The summed E-state index contributed by atoms with van der Waals surface area (Å²) in [6.07, 6.45) is -2.04. The molecule has 162 valence electrons. The molecule has 0 aromatic heterocycles. The third kappa shape index (κ3) is 4.76. The van der Waals surface area contributed by atoms with Gasteiger partial charge >= 0.3 is 17.9 Å². The van der Waals surface area contributed by atoms with Crippen molar-refractivity contribution >= 4 is 17.9 Å². The van der Waals surface area contributed by atoms with E-state index in [9.17, 15) is 14.4 Å². The molecular weight excluding hydrogens is 404 g/mol. The Labute approximate surface area is 179 Å². The summed E-state index contributed by atoms with van der Waals surface area (Å²) >= 11 is 0. The van der Waals surface area contributed by atoms with E-state index in [0.717, 1.165) is 5.56 Å². The van der Waals surface area contributed by atoms with Crippen molar-refractivity contribution in [2.45, 2.75) is 38.3 Å². The van der Waals surface area contributed by atoms with Crippen LogP contribution in [0, 0.1) is 6.92 Å². The van der Waals surface area contributed by atoms with E-state index in [4.69, 9.17) is 23.7 Å². The zero-order chi connectivity index (χ0) is 22.0. The van der Waals surface area contributed by atoms with Crippen molar-refractivity contribution in [3.05, 3.63) is 65.2 Å². The van der Waals surface area contributed by atoms with Gasteiger partial charge in [-0.05, 0) is 43.3 Å². The minimum Gasteiger partial charge on any atom is -0.457 e. The van der Waals surface area contributed by atoms with Gasteiger partial charge in [0.05, 0.1) is 24.3 Å². The molecule has 0 spiro atoms. The summed E-state index contributed by atoms with van der Waals surface area (Å²) in [4.78, 5) is 35.9. The Morgan fingerprint density at radius 3 is 1.87 bits per heavy atom. The number of aryl methyl sites for hydroxylation is 1. The van der Waals surface area contributed by atoms with Crippen molar-refractivity contribution in [2.24, 2.45) is 0 Å². The van der Waals surface area contributed by atoms with Gasteiger partial charge in [0.1, 0.15) is 18.0 Å². The second-order valence-corrected chi connectivity index (χ2v) is 7.47. The largest absolute Gasteiger partial charge is 0.457 e. The van der Waals surface area contributed by atoms with Crippen LogP contribution in [0.25, 0.3) is 0 Å². The number of hydrogen-bond acceptors (Lipinski definition) is 8. The van der Waals surface area contributed by atoms with Crippen LogP contribution in [0.3, 0.4) is 0 Å². The standard InChI is InChI=1S/C23H22O8/c1-13-3-5-15(6-4-13)22(25)30-17-9-7-16(8-10-17)23(26)31-19-12-28-20-18(29-14(2)24)11-27-21(19)20/h3-10,18-21H,11-12H2,1-2H3/t18-,19?,20?,21?/m0/s1. The van der Waals surface area contributed by atoms with E-state index in [1.54, 1.807) is 12.1 Å². The molecule has 3 unspecified atom stereocenters.